The minimum absolute atomic E-state index is 0. The minimum Gasteiger partial charge on any atom is -0.472 e. The van der Waals surface area contributed by atoms with Crippen molar-refractivity contribution in [1.82, 2.24) is 5.32 Å². The molecule has 0 atom stereocenters. The van der Waals surface area contributed by atoms with Crippen LogP contribution in [-0.2, 0) is 13.1 Å². The van der Waals surface area contributed by atoms with Crippen LogP contribution in [0.5, 0.6) is 0 Å². The van der Waals surface area contributed by atoms with Gasteiger partial charge in [-0.25, -0.2) is 0 Å². The molecule has 80 valence electrons. The maximum Gasteiger partial charge on any atom is 0.0947 e. The first-order valence-electron chi connectivity index (χ1n) is 4.71. The normalized spacial score (nSPS) is 9.60. The van der Waals surface area contributed by atoms with Crippen LogP contribution in [0.3, 0.4) is 0 Å². The quantitative estimate of drug-likeness (QED) is 0.862. The van der Waals surface area contributed by atoms with Crippen LogP contribution in [0.4, 0.5) is 0 Å². The molecular weight excluding hydrogens is 210 g/mol. The van der Waals surface area contributed by atoms with Gasteiger partial charge in [0.25, 0.3) is 0 Å². The Bertz CT molecular complexity index is 358. The molecule has 0 bridgehead atoms. The van der Waals surface area contributed by atoms with Crippen molar-refractivity contribution >= 4 is 12.4 Å². The van der Waals surface area contributed by atoms with E-state index in [1.165, 1.54) is 11.1 Å². The second-order valence-corrected chi connectivity index (χ2v) is 3.22. The van der Waals surface area contributed by atoms with Crippen molar-refractivity contribution in [1.29, 1.82) is 0 Å². The van der Waals surface area contributed by atoms with Gasteiger partial charge in [0.1, 0.15) is 0 Å². The van der Waals surface area contributed by atoms with Crippen molar-refractivity contribution in [2.45, 2.75) is 13.1 Å². The lowest BCUT2D eigenvalue weighted by Gasteiger charge is -2.02. The fourth-order valence-corrected chi connectivity index (χ4v) is 1.34. The summed E-state index contributed by atoms with van der Waals surface area (Å²) in [5, 5.41) is 3.34. The number of furan rings is 1. The van der Waals surface area contributed by atoms with Gasteiger partial charge in [-0.05, 0) is 11.6 Å². The third-order valence-corrected chi connectivity index (χ3v) is 2.08. The Morgan fingerprint density at radius 1 is 0.933 bits per heavy atom. The highest BCUT2D eigenvalue weighted by molar-refractivity contribution is 5.85. The van der Waals surface area contributed by atoms with E-state index in [1.54, 1.807) is 12.5 Å². The van der Waals surface area contributed by atoms with Gasteiger partial charge in [-0.2, -0.15) is 0 Å². The molecule has 0 aliphatic carbocycles. The van der Waals surface area contributed by atoms with E-state index in [0.29, 0.717) is 0 Å². The van der Waals surface area contributed by atoms with Gasteiger partial charge in [-0.15, -0.1) is 12.4 Å². The molecule has 0 amide bonds. The Morgan fingerprint density at radius 2 is 1.67 bits per heavy atom. The summed E-state index contributed by atoms with van der Waals surface area (Å²) in [6.07, 6.45) is 3.46. The molecule has 1 aromatic carbocycles. The number of rotatable bonds is 4. The largest absolute Gasteiger partial charge is 0.472 e. The Morgan fingerprint density at radius 3 is 2.33 bits per heavy atom. The number of hydrogen-bond acceptors (Lipinski definition) is 2. The molecule has 0 aliphatic rings. The molecule has 1 aromatic heterocycles. The zero-order chi connectivity index (χ0) is 9.64. The Labute approximate surface area is 95.7 Å². The summed E-state index contributed by atoms with van der Waals surface area (Å²) >= 11 is 0. The van der Waals surface area contributed by atoms with Crippen LogP contribution in [0.15, 0.2) is 53.3 Å². The Balaban J connectivity index is 0.00000112. The summed E-state index contributed by atoms with van der Waals surface area (Å²) in [4.78, 5) is 0. The summed E-state index contributed by atoms with van der Waals surface area (Å²) in [6.45, 7) is 1.75. The summed E-state index contributed by atoms with van der Waals surface area (Å²) in [7, 11) is 0. The summed E-state index contributed by atoms with van der Waals surface area (Å²) in [6, 6.07) is 12.3. The molecule has 1 heterocycles. The summed E-state index contributed by atoms with van der Waals surface area (Å²) in [5.74, 6) is 0. The Kier molecular flexibility index (Phi) is 4.95. The highest BCUT2D eigenvalue weighted by Crippen LogP contribution is 2.01. The van der Waals surface area contributed by atoms with Crippen molar-refractivity contribution in [3.05, 3.63) is 60.1 Å². The Hall–Kier alpha value is -1.25. The molecule has 1 N–H and O–H groups in total. The molecule has 0 aliphatic heterocycles. The van der Waals surface area contributed by atoms with Gasteiger partial charge in [-0.1, -0.05) is 30.3 Å². The van der Waals surface area contributed by atoms with E-state index in [4.69, 9.17) is 4.42 Å². The molecule has 0 unspecified atom stereocenters. The average Bonchev–Trinajstić information content (AvgIpc) is 2.72. The van der Waals surface area contributed by atoms with E-state index in [2.05, 4.69) is 29.6 Å². The third-order valence-electron chi connectivity index (χ3n) is 2.08. The van der Waals surface area contributed by atoms with Gasteiger partial charge in [0.15, 0.2) is 0 Å². The summed E-state index contributed by atoms with van der Waals surface area (Å²) < 4.78 is 4.98. The van der Waals surface area contributed by atoms with E-state index in [9.17, 15) is 0 Å². The van der Waals surface area contributed by atoms with Crippen LogP contribution in [0, 0.1) is 0 Å². The van der Waals surface area contributed by atoms with E-state index in [-0.39, 0.29) is 12.4 Å². The van der Waals surface area contributed by atoms with Crippen molar-refractivity contribution in [3.8, 4) is 0 Å². The molecule has 0 fully saturated rings. The highest BCUT2D eigenvalue weighted by Gasteiger charge is 1.93. The zero-order valence-electron chi connectivity index (χ0n) is 8.35. The van der Waals surface area contributed by atoms with E-state index < -0.39 is 0 Å². The molecule has 3 heteroatoms. The van der Waals surface area contributed by atoms with Crippen LogP contribution < -0.4 is 5.32 Å². The first-order chi connectivity index (χ1) is 6.95. The fourth-order valence-electron chi connectivity index (χ4n) is 1.34. The maximum atomic E-state index is 4.98. The van der Waals surface area contributed by atoms with Crippen LogP contribution >= 0.6 is 12.4 Å². The standard InChI is InChI=1S/C12H13NO.ClH/c1-2-4-11(5-3-1)8-13-9-12-6-7-14-10-12;/h1-7,10,13H,8-9H2;1H. The van der Waals surface area contributed by atoms with Crippen molar-refractivity contribution in [2.24, 2.45) is 0 Å². The molecule has 2 rings (SSSR count). The average molecular weight is 224 g/mol. The van der Waals surface area contributed by atoms with Gasteiger partial charge >= 0.3 is 0 Å². The van der Waals surface area contributed by atoms with E-state index >= 15 is 0 Å². The highest BCUT2D eigenvalue weighted by atomic mass is 35.5. The minimum atomic E-state index is 0. The number of benzene rings is 1. The molecule has 2 nitrogen and oxygen atoms in total. The maximum absolute atomic E-state index is 4.98. The molecule has 0 spiro atoms. The van der Waals surface area contributed by atoms with E-state index in [1.807, 2.05) is 12.1 Å². The van der Waals surface area contributed by atoms with Gasteiger partial charge in [-0.3, -0.25) is 0 Å². The van der Waals surface area contributed by atoms with Crippen LogP contribution in [0.25, 0.3) is 0 Å². The number of halogens is 1. The fraction of sp³-hybridized carbons (Fsp3) is 0.167. The van der Waals surface area contributed by atoms with Crippen molar-refractivity contribution in [2.75, 3.05) is 0 Å². The van der Waals surface area contributed by atoms with Gasteiger partial charge < -0.3 is 9.73 Å². The second-order valence-electron chi connectivity index (χ2n) is 3.22. The zero-order valence-corrected chi connectivity index (χ0v) is 9.17. The summed E-state index contributed by atoms with van der Waals surface area (Å²) in [5.41, 5.74) is 2.48. The molecular formula is C12H14ClNO. The first-order valence-corrected chi connectivity index (χ1v) is 4.71. The van der Waals surface area contributed by atoms with Crippen LogP contribution in [0.2, 0.25) is 0 Å². The first kappa shape index (κ1) is 11.8. The lowest BCUT2D eigenvalue weighted by atomic mass is 10.2. The predicted molar refractivity (Wildman–Crippen MR) is 62.9 cm³/mol. The lowest BCUT2D eigenvalue weighted by Crippen LogP contribution is -2.11. The second kappa shape index (κ2) is 6.27. The van der Waals surface area contributed by atoms with Gasteiger partial charge in [0.2, 0.25) is 0 Å². The smallest absolute Gasteiger partial charge is 0.0947 e. The monoisotopic (exact) mass is 223 g/mol. The van der Waals surface area contributed by atoms with Crippen molar-refractivity contribution < 1.29 is 4.42 Å². The third kappa shape index (κ3) is 3.78. The lowest BCUT2D eigenvalue weighted by molar-refractivity contribution is 0.560. The van der Waals surface area contributed by atoms with Gasteiger partial charge in [0.05, 0.1) is 12.5 Å². The van der Waals surface area contributed by atoms with Crippen molar-refractivity contribution in [3.63, 3.8) is 0 Å². The van der Waals surface area contributed by atoms with Gasteiger partial charge in [0, 0.05) is 18.7 Å². The van der Waals surface area contributed by atoms with Crippen LogP contribution in [-0.4, -0.2) is 0 Å². The van der Waals surface area contributed by atoms with E-state index in [0.717, 1.165) is 13.1 Å². The SMILES string of the molecule is Cl.c1ccc(CNCc2ccoc2)cc1. The molecule has 2 aromatic rings. The molecule has 15 heavy (non-hydrogen) atoms. The molecule has 0 radical (unpaired) electrons. The number of nitrogens with one attached hydrogen (secondary N) is 1. The predicted octanol–water partition coefficient (Wildman–Crippen LogP) is 2.99. The van der Waals surface area contributed by atoms with Crippen LogP contribution in [0.1, 0.15) is 11.1 Å². The number of hydrogen-bond donors (Lipinski definition) is 1. The molecule has 0 saturated heterocycles. The molecule has 0 saturated carbocycles. The topological polar surface area (TPSA) is 25.2 Å².